The third kappa shape index (κ3) is 41.9. The van der Waals surface area contributed by atoms with Crippen molar-refractivity contribution in [3.63, 3.8) is 0 Å². The van der Waals surface area contributed by atoms with Gasteiger partial charge in [-0.05, 0) is 37.7 Å². The van der Waals surface area contributed by atoms with Crippen molar-refractivity contribution in [1.29, 1.82) is 0 Å². The van der Waals surface area contributed by atoms with Crippen molar-refractivity contribution in [3.05, 3.63) is 60.7 Å². The van der Waals surface area contributed by atoms with Gasteiger partial charge in [0.25, 0.3) is 0 Å². The quantitative estimate of drug-likeness (QED) is 0.0513. The Morgan fingerprint density at radius 3 is 0.630 bits per heavy atom. The van der Waals surface area contributed by atoms with Crippen LogP contribution >= 0.6 is 15.2 Å². The summed E-state index contributed by atoms with van der Waals surface area (Å²) in [6.45, 7) is 8.95. The number of benzene rings is 2. The molecule has 0 bridgehead atoms. The summed E-state index contributed by atoms with van der Waals surface area (Å²) in [6.07, 6.45) is 76.3. The van der Waals surface area contributed by atoms with Crippen LogP contribution in [0.25, 0.3) is 0 Å². The molecular weight excluding hydrogens is 927 g/mol. The first-order valence-corrected chi connectivity index (χ1v) is 36.9. The second-order valence-corrected chi connectivity index (χ2v) is 28.7. The SMILES string of the molecule is CCCCCCCCCCCCCCCCCCP(CCCCCCCCCCCCCCCCCC)CCCCCCCCCCCCCCCCCC.CCOP(O)(O)(c1ccccc1)c1ccccc1. The van der Waals surface area contributed by atoms with Crippen LogP contribution in [0.4, 0.5) is 0 Å². The van der Waals surface area contributed by atoms with E-state index >= 15 is 0 Å². The Morgan fingerprint density at radius 2 is 0.452 bits per heavy atom. The Labute approximate surface area is 459 Å². The summed E-state index contributed by atoms with van der Waals surface area (Å²) < 4.78 is 5.43. The minimum atomic E-state index is -4.49. The number of rotatable bonds is 55. The average Bonchev–Trinajstić information content (AvgIpc) is 3.41. The van der Waals surface area contributed by atoms with Gasteiger partial charge in [0.2, 0.25) is 0 Å². The van der Waals surface area contributed by atoms with Crippen LogP contribution in [0, 0.1) is 0 Å². The van der Waals surface area contributed by atoms with Gasteiger partial charge in [-0.3, -0.25) is 0 Å². The van der Waals surface area contributed by atoms with Crippen LogP contribution < -0.4 is 10.6 Å². The van der Waals surface area contributed by atoms with Crippen LogP contribution in [-0.2, 0) is 4.52 Å². The van der Waals surface area contributed by atoms with Crippen molar-refractivity contribution in [1.82, 2.24) is 0 Å². The molecule has 0 atom stereocenters. The summed E-state index contributed by atoms with van der Waals surface area (Å²) in [5.41, 5.74) is 0. The fourth-order valence-corrected chi connectivity index (χ4v) is 16.1. The summed E-state index contributed by atoms with van der Waals surface area (Å²) in [5.74, 6) is 0. The van der Waals surface area contributed by atoms with E-state index in [0.29, 0.717) is 18.5 Å². The molecule has 5 heteroatoms. The second-order valence-electron chi connectivity index (χ2n) is 22.8. The van der Waals surface area contributed by atoms with E-state index in [0.717, 1.165) is 0 Å². The fraction of sp³-hybridized carbons (Fsp3) is 0.824. The first kappa shape index (κ1) is 70.2. The van der Waals surface area contributed by atoms with E-state index in [2.05, 4.69) is 20.8 Å². The molecule has 2 rings (SSSR count). The van der Waals surface area contributed by atoms with Crippen molar-refractivity contribution in [2.45, 2.75) is 336 Å². The second kappa shape index (κ2) is 53.2. The predicted octanol–water partition coefficient (Wildman–Crippen LogP) is 23.2. The molecule has 0 saturated heterocycles. The molecule has 73 heavy (non-hydrogen) atoms. The number of hydrogen-bond acceptors (Lipinski definition) is 3. The standard InChI is InChI=1S/C54H111P.C14H17O3P/c1-4-7-10-13-16-19-22-25-28-31-34-37-40-43-46-49-52-55(53-50-47-44-41-38-35-32-29-26-23-20-17-14-11-8-5-2)54-51-48-45-42-39-36-33-30-27-24-21-18-15-12-9-6-3;1-2-17-18(15,16,13-9-5-3-6-10-13)14-11-7-4-8-12-14/h4-54H2,1-3H3;3-12,15-16H,2H2,1H3. The van der Waals surface area contributed by atoms with Gasteiger partial charge >= 0.3 is 106 Å². The Bertz CT molecular complexity index is 1220. The fourth-order valence-electron chi connectivity index (χ4n) is 10.9. The van der Waals surface area contributed by atoms with E-state index in [1.807, 2.05) is 12.1 Å². The molecule has 0 aliphatic heterocycles. The maximum atomic E-state index is 10.9. The molecule has 0 saturated carbocycles. The summed E-state index contributed by atoms with van der Waals surface area (Å²) >= 11 is 0. The van der Waals surface area contributed by atoms with Gasteiger partial charge in [0.15, 0.2) is 0 Å². The van der Waals surface area contributed by atoms with E-state index in [1.165, 1.54) is 289 Å². The zero-order chi connectivity index (χ0) is 52.7. The molecule has 2 aromatic carbocycles. The van der Waals surface area contributed by atoms with E-state index in [-0.39, 0.29) is 6.61 Å². The Hall–Kier alpha value is -0.820. The zero-order valence-electron chi connectivity index (χ0n) is 49.7. The molecule has 0 unspecified atom stereocenters. The van der Waals surface area contributed by atoms with Gasteiger partial charge in [-0.25, -0.2) is 0 Å². The average molecular weight is 1060 g/mol. The van der Waals surface area contributed by atoms with Gasteiger partial charge in [0.1, 0.15) is 0 Å². The first-order chi connectivity index (χ1) is 35.9. The molecule has 0 spiro atoms. The Kier molecular flexibility index (Phi) is 51.2. The van der Waals surface area contributed by atoms with E-state index in [9.17, 15) is 9.79 Å². The van der Waals surface area contributed by atoms with E-state index in [1.54, 1.807) is 93.2 Å². The summed E-state index contributed by atoms with van der Waals surface area (Å²) in [4.78, 5) is 21.8. The third-order valence-electron chi connectivity index (χ3n) is 15.8. The van der Waals surface area contributed by atoms with Crippen molar-refractivity contribution in [2.75, 3.05) is 25.1 Å². The molecule has 428 valence electrons. The maximum absolute atomic E-state index is 10.9. The summed E-state index contributed by atoms with van der Waals surface area (Å²) in [5, 5.41) is 0.827. The first-order valence-electron chi connectivity index (χ1n) is 32.9. The Morgan fingerprint density at radius 1 is 0.274 bits per heavy atom. The predicted molar refractivity (Wildman–Crippen MR) is 335 cm³/mol. The van der Waals surface area contributed by atoms with Gasteiger partial charge in [-0.1, -0.05) is 310 Å². The molecule has 0 aliphatic carbocycles. The van der Waals surface area contributed by atoms with Crippen molar-refractivity contribution in [3.8, 4) is 0 Å². The van der Waals surface area contributed by atoms with Crippen LogP contribution in [0.1, 0.15) is 336 Å². The molecule has 0 radical (unpaired) electrons. The normalized spacial score (nSPS) is 12.3. The topological polar surface area (TPSA) is 49.7 Å². The van der Waals surface area contributed by atoms with Crippen molar-refractivity contribution < 1.29 is 14.3 Å². The molecule has 2 N–H and O–H groups in total. The van der Waals surface area contributed by atoms with Gasteiger partial charge < -0.3 is 0 Å². The zero-order valence-corrected chi connectivity index (χ0v) is 51.5. The van der Waals surface area contributed by atoms with Crippen LogP contribution in [0.3, 0.4) is 0 Å². The van der Waals surface area contributed by atoms with Crippen LogP contribution in [0.2, 0.25) is 0 Å². The molecule has 0 aromatic heterocycles. The minimum absolute atomic E-state index is 0.231. The molecule has 0 aliphatic rings. The van der Waals surface area contributed by atoms with Gasteiger partial charge in [-0.2, -0.15) is 0 Å². The molecular formula is C68H128O3P2. The molecule has 0 heterocycles. The monoisotopic (exact) mass is 1050 g/mol. The summed E-state index contributed by atoms with van der Waals surface area (Å²) in [7, 11) is -4.18. The third-order valence-corrected chi connectivity index (χ3v) is 21.9. The van der Waals surface area contributed by atoms with Crippen LogP contribution in [0.5, 0.6) is 0 Å². The van der Waals surface area contributed by atoms with Crippen LogP contribution in [0.15, 0.2) is 60.7 Å². The molecule has 0 fully saturated rings. The van der Waals surface area contributed by atoms with Gasteiger partial charge in [0, 0.05) is 0 Å². The van der Waals surface area contributed by atoms with Crippen LogP contribution in [-0.4, -0.2) is 34.9 Å². The molecule has 0 amide bonds. The number of unbranched alkanes of at least 4 members (excludes halogenated alkanes) is 45. The van der Waals surface area contributed by atoms with E-state index < -0.39 is 7.28 Å². The van der Waals surface area contributed by atoms with Gasteiger partial charge in [-0.15, -0.1) is 7.92 Å². The van der Waals surface area contributed by atoms with Crippen molar-refractivity contribution in [2.24, 2.45) is 0 Å². The molecule has 3 nitrogen and oxygen atoms in total. The van der Waals surface area contributed by atoms with Gasteiger partial charge in [0.05, 0.1) is 0 Å². The number of hydrogen-bond donors (Lipinski definition) is 2. The van der Waals surface area contributed by atoms with Crippen molar-refractivity contribution >= 4 is 25.8 Å². The molecule has 2 aromatic rings. The summed E-state index contributed by atoms with van der Waals surface area (Å²) in [6, 6.07) is 17.5. The Balaban J connectivity index is 0.00000122. The van der Waals surface area contributed by atoms with E-state index in [4.69, 9.17) is 4.52 Å².